The molecule has 0 fully saturated rings. The Bertz CT molecular complexity index is 232. The van der Waals surface area contributed by atoms with Crippen LogP contribution in [0.15, 0.2) is 12.3 Å². The summed E-state index contributed by atoms with van der Waals surface area (Å²) in [5, 5.41) is 0. The summed E-state index contributed by atoms with van der Waals surface area (Å²) in [5.41, 5.74) is 2.06. The van der Waals surface area contributed by atoms with Crippen LogP contribution in [-0.4, -0.2) is 28.4 Å². The molecule has 0 heterocycles. The normalized spacial score (nSPS) is 11.9. The standard InChI is InChI=1S/C4H10Si.H4O7P2/c1-4-5(2)3;1-8(2,3)7-9(4,5)6/h4-5H,1H2,2-3H3;(H2,1,2,3)(H2,4,5,6). The van der Waals surface area contributed by atoms with E-state index in [4.69, 9.17) is 19.6 Å². The molecule has 0 unspecified atom stereocenters. The average Bonchev–Trinajstić information content (AvgIpc) is 1.80. The van der Waals surface area contributed by atoms with Crippen LogP contribution in [0.25, 0.3) is 0 Å². The fourth-order valence-electron chi connectivity index (χ4n) is 0.139. The molecule has 0 aromatic carbocycles. The summed E-state index contributed by atoms with van der Waals surface area (Å²) in [6.45, 7) is 8.11. The quantitative estimate of drug-likeness (QED) is 0.429. The zero-order chi connectivity index (χ0) is 12.0. The summed E-state index contributed by atoms with van der Waals surface area (Å²) >= 11 is 0. The zero-order valence-corrected chi connectivity index (χ0v) is 10.7. The Balaban J connectivity index is 0. The molecule has 0 aliphatic carbocycles. The Hall–Kier alpha value is 0.217. The summed E-state index contributed by atoms with van der Waals surface area (Å²) in [6, 6.07) is 0. The zero-order valence-electron chi connectivity index (χ0n) is 7.77. The molecular weight excluding hydrogens is 250 g/mol. The molecule has 0 aromatic rings. The van der Waals surface area contributed by atoms with Gasteiger partial charge in [-0.2, -0.15) is 4.31 Å². The van der Waals surface area contributed by atoms with E-state index >= 15 is 0 Å². The van der Waals surface area contributed by atoms with Crippen LogP contribution in [0.4, 0.5) is 0 Å². The molecular formula is C4H14O7P2Si. The van der Waals surface area contributed by atoms with Gasteiger partial charge in [0.15, 0.2) is 0 Å². The van der Waals surface area contributed by atoms with Gasteiger partial charge in [0.05, 0.1) is 8.80 Å². The van der Waals surface area contributed by atoms with Crippen LogP contribution in [0.5, 0.6) is 0 Å². The van der Waals surface area contributed by atoms with Crippen molar-refractivity contribution in [2.24, 2.45) is 0 Å². The number of hydrogen-bond acceptors (Lipinski definition) is 3. The number of rotatable bonds is 3. The molecule has 10 heteroatoms. The summed E-state index contributed by atoms with van der Waals surface area (Å²) in [4.78, 5) is 31.0. The Kier molecular flexibility index (Phi) is 7.91. The average molecular weight is 264 g/mol. The lowest BCUT2D eigenvalue weighted by Crippen LogP contribution is -1.89. The van der Waals surface area contributed by atoms with E-state index in [1.54, 1.807) is 0 Å². The van der Waals surface area contributed by atoms with Gasteiger partial charge in [-0.3, -0.25) is 0 Å². The van der Waals surface area contributed by atoms with Crippen molar-refractivity contribution in [3.05, 3.63) is 12.3 Å². The van der Waals surface area contributed by atoms with Crippen LogP contribution in [0.1, 0.15) is 0 Å². The highest BCUT2D eigenvalue weighted by Crippen LogP contribution is 2.53. The monoisotopic (exact) mass is 264 g/mol. The highest BCUT2D eigenvalue weighted by molar-refractivity contribution is 7.60. The lowest BCUT2D eigenvalue weighted by Gasteiger charge is -2.03. The Labute approximate surface area is 83.5 Å². The van der Waals surface area contributed by atoms with Gasteiger partial charge in [-0.1, -0.05) is 13.1 Å². The van der Waals surface area contributed by atoms with Crippen LogP contribution < -0.4 is 0 Å². The maximum atomic E-state index is 9.63. The van der Waals surface area contributed by atoms with Crippen molar-refractivity contribution < 1.29 is 33.0 Å². The van der Waals surface area contributed by atoms with Crippen molar-refractivity contribution in [3.63, 3.8) is 0 Å². The van der Waals surface area contributed by atoms with Crippen LogP contribution in [0, 0.1) is 0 Å². The fraction of sp³-hybridized carbons (Fsp3) is 0.500. The molecule has 4 N–H and O–H groups in total. The third-order valence-corrected chi connectivity index (χ3v) is 3.33. The predicted octanol–water partition coefficient (Wildman–Crippen LogP) is 0.387. The second-order valence-corrected chi connectivity index (χ2v) is 8.12. The first-order chi connectivity index (χ1) is 5.98. The van der Waals surface area contributed by atoms with E-state index in [9.17, 15) is 9.13 Å². The van der Waals surface area contributed by atoms with E-state index in [0.29, 0.717) is 0 Å². The summed E-state index contributed by atoms with van der Waals surface area (Å²) < 4.78 is 22.2. The molecule has 7 nitrogen and oxygen atoms in total. The molecule has 0 saturated carbocycles. The van der Waals surface area contributed by atoms with Crippen molar-refractivity contribution >= 4 is 24.4 Å². The molecule has 0 rings (SSSR count). The molecule has 0 aliphatic heterocycles. The first-order valence-corrected chi connectivity index (χ1v) is 9.46. The Morgan fingerprint density at radius 3 is 1.36 bits per heavy atom. The third kappa shape index (κ3) is 22.8. The first kappa shape index (κ1) is 16.6. The van der Waals surface area contributed by atoms with Gasteiger partial charge in [0.2, 0.25) is 0 Å². The van der Waals surface area contributed by atoms with E-state index in [2.05, 4.69) is 29.7 Å². The van der Waals surface area contributed by atoms with E-state index in [1.165, 1.54) is 0 Å². The Morgan fingerprint density at radius 2 is 1.36 bits per heavy atom. The molecule has 0 radical (unpaired) electrons. The molecule has 14 heavy (non-hydrogen) atoms. The van der Waals surface area contributed by atoms with Crippen molar-refractivity contribution in [1.82, 2.24) is 0 Å². The lowest BCUT2D eigenvalue weighted by molar-refractivity contribution is 0.225. The predicted molar refractivity (Wildman–Crippen MR) is 54.2 cm³/mol. The topological polar surface area (TPSA) is 124 Å². The second kappa shape index (κ2) is 6.65. The van der Waals surface area contributed by atoms with Crippen molar-refractivity contribution in [1.29, 1.82) is 0 Å². The van der Waals surface area contributed by atoms with Crippen LogP contribution >= 0.6 is 15.6 Å². The molecule has 0 aliphatic rings. The van der Waals surface area contributed by atoms with Gasteiger partial charge in [-0.05, 0) is 0 Å². The van der Waals surface area contributed by atoms with Gasteiger partial charge in [0, 0.05) is 0 Å². The van der Waals surface area contributed by atoms with Crippen LogP contribution in [0.2, 0.25) is 13.1 Å². The second-order valence-electron chi connectivity index (χ2n) is 2.54. The molecule has 0 bridgehead atoms. The molecule has 0 aromatic heterocycles. The Morgan fingerprint density at radius 1 is 1.14 bits per heavy atom. The van der Waals surface area contributed by atoms with Crippen LogP contribution in [-0.2, 0) is 13.4 Å². The lowest BCUT2D eigenvalue weighted by atomic mass is 11.3. The molecule has 0 amide bonds. The number of hydrogen-bond donors (Lipinski definition) is 4. The van der Waals surface area contributed by atoms with E-state index in [-0.39, 0.29) is 8.80 Å². The summed E-state index contributed by atoms with van der Waals surface area (Å²) in [5.74, 6) is 0. The maximum absolute atomic E-state index is 9.63. The van der Waals surface area contributed by atoms with Crippen LogP contribution in [0.3, 0.4) is 0 Å². The van der Waals surface area contributed by atoms with E-state index < -0.39 is 15.6 Å². The van der Waals surface area contributed by atoms with Crippen molar-refractivity contribution in [3.8, 4) is 0 Å². The number of phosphoric acid groups is 2. The van der Waals surface area contributed by atoms with E-state index in [0.717, 1.165) is 0 Å². The van der Waals surface area contributed by atoms with E-state index in [1.807, 2.05) is 0 Å². The largest absolute Gasteiger partial charge is 0.478 e. The minimum atomic E-state index is -5.05. The van der Waals surface area contributed by atoms with Gasteiger partial charge in [0.1, 0.15) is 0 Å². The third-order valence-electron chi connectivity index (χ3n) is 0.684. The minimum absolute atomic E-state index is 0.386. The SMILES string of the molecule is C=C[SiH](C)C.O=P(O)(O)OP(=O)(O)O. The van der Waals surface area contributed by atoms with Crippen molar-refractivity contribution in [2.75, 3.05) is 0 Å². The molecule has 0 saturated heterocycles. The minimum Gasteiger partial charge on any atom is -0.302 e. The fourth-order valence-corrected chi connectivity index (χ4v) is 1.25. The summed E-state index contributed by atoms with van der Waals surface area (Å²) in [6.07, 6.45) is 0. The molecule has 0 spiro atoms. The first-order valence-electron chi connectivity index (χ1n) is 3.43. The maximum Gasteiger partial charge on any atom is 0.478 e. The smallest absolute Gasteiger partial charge is 0.302 e. The summed E-state index contributed by atoms with van der Waals surface area (Å²) in [7, 11) is -10.5. The molecule has 86 valence electrons. The van der Waals surface area contributed by atoms with Gasteiger partial charge >= 0.3 is 15.6 Å². The van der Waals surface area contributed by atoms with Gasteiger partial charge < -0.3 is 19.6 Å². The van der Waals surface area contributed by atoms with Gasteiger partial charge in [-0.25, -0.2) is 9.13 Å². The highest BCUT2D eigenvalue weighted by atomic mass is 31.3. The van der Waals surface area contributed by atoms with Gasteiger partial charge in [-0.15, -0.1) is 12.3 Å². The van der Waals surface area contributed by atoms with Gasteiger partial charge in [0.25, 0.3) is 0 Å². The van der Waals surface area contributed by atoms with Crippen molar-refractivity contribution in [2.45, 2.75) is 13.1 Å². The highest BCUT2D eigenvalue weighted by Gasteiger charge is 2.27. The molecule has 0 atom stereocenters.